The van der Waals surface area contributed by atoms with Crippen LogP contribution in [-0.2, 0) is 13.6 Å². The van der Waals surface area contributed by atoms with Gasteiger partial charge in [-0.2, -0.15) is 4.80 Å². The molecule has 90 valence electrons. The third kappa shape index (κ3) is 2.21. The van der Waals surface area contributed by atoms with Crippen LogP contribution in [0, 0.1) is 5.92 Å². The Hall–Kier alpha value is -1.69. The molecule has 0 bridgehead atoms. The summed E-state index contributed by atoms with van der Waals surface area (Å²) in [5.41, 5.74) is 7.36. The molecule has 1 unspecified atom stereocenters. The third-order valence-electron chi connectivity index (χ3n) is 3.16. The van der Waals surface area contributed by atoms with Crippen molar-refractivity contribution in [1.82, 2.24) is 24.8 Å². The minimum Gasteiger partial charge on any atom is -0.346 e. The van der Waals surface area contributed by atoms with Gasteiger partial charge in [0.1, 0.15) is 0 Å². The quantitative estimate of drug-likeness (QED) is 0.831. The van der Waals surface area contributed by atoms with Crippen LogP contribution in [0.5, 0.6) is 0 Å². The van der Waals surface area contributed by atoms with Crippen molar-refractivity contribution < 1.29 is 0 Å². The summed E-state index contributed by atoms with van der Waals surface area (Å²) in [6.45, 7) is 0.644. The maximum Gasteiger partial charge on any atom is 0.194 e. The summed E-state index contributed by atoms with van der Waals surface area (Å²) < 4.78 is 2.05. The van der Waals surface area contributed by atoms with Crippen molar-refractivity contribution in [3.05, 3.63) is 29.8 Å². The highest BCUT2D eigenvalue weighted by atomic mass is 15.6. The molecule has 0 amide bonds. The maximum absolute atomic E-state index is 6.15. The summed E-state index contributed by atoms with van der Waals surface area (Å²) in [5, 5.41) is 11.9. The van der Waals surface area contributed by atoms with Gasteiger partial charge in [-0.3, -0.25) is 0 Å². The minimum absolute atomic E-state index is 0.186. The zero-order chi connectivity index (χ0) is 11.8. The first-order valence-electron chi connectivity index (χ1n) is 5.86. The second kappa shape index (κ2) is 3.96. The van der Waals surface area contributed by atoms with Crippen LogP contribution in [0.1, 0.15) is 30.3 Å². The Bertz CT molecular complexity index is 510. The van der Waals surface area contributed by atoms with Crippen LogP contribution in [0.2, 0.25) is 0 Å². The van der Waals surface area contributed by atoms with Gasteiger partial charge in [0.25, 0.3) is 0 Å². The molecule has 0 saturated heterocycles. The molecule has 0 aliphatic heterocycles. The Labute approximate surface area is 99.4 Å². The van der Waals surface area contributed by atoms with Crippen molar-refractivity contribution in [3.63, 3.8) is 0 Å². The number of nitrogens with two attached hydrogens (primary N) is 1. The molecule has 2 heterocycles. The second-order valence-electron chi connectivity index (χ2n) is 4.68. The molecule has 2 aromatic rings. The Kier molecular flexibility index (Phi) is 2.44. The van der Waals surface area contributed by atoms with Crippen molar-refractivity contribution in [3.8, 4) is 0 Å². The highest BCUT2D eigenvalue weighted by Gasteiger charge is 2.29. The van der Waals surface area contributed by atoms with Crippen LogP contribution in [0.4, 0.5) is 0 Å². The Morgan fingerprint density at radius 1 is 1.53 bits per heavy atom. The highest BCUT2D eigenvalue weighted by Crippen LogP contribution is 2.39. The summed E-state index contributed by atoms with van der Waals surface area (Å²) in [7, 11) is 1.76. The van der Waals surface area contributed by atoms with Crippen LogP contribution in [0.15, 0.2) is 18.5 Å². The zero-order valence-corrected chi connectivity index (χ0v) is 9.82. The van der Waals surface area contributed by atoms with Gasteiger partial charge in [-0.1, -0.05) is 0 Å². The molecule has 1 aliphatic rings. The molecule has 1 atom stereocenters. The molecule has 2 aromatic heterocycles. The first kappa shape index (κ1) is 10.5. The molecule has 3 rings (SSSR count). The van der Waals surface area contributed by atoms with Gasteiger partial charge in [0.05, 0.1) is 13.6 Å². The molecule has 0 radical (unpaired) electrons. The van der Waals surface area contributed by atoms with E-state index in [4.69, 9.17) is 5.73 Å². The molecule has 6 nitrogen and oxygen atoms in total. The van der Waals surface area contributed by atoms with E-state index in [1.807, 2.05) is 6.20 Å². The van der Waals surface area contributed by atoms with Crippen molar-refractivity contribution in [2.24, 2.45) is 18.7 Å². The molecule has 0 spiro atoms. The zero-order valence-electron chi connectivity index (χ0n) is 9.82. The van der Waals surface area contributed by atoms with Crippen LogP contribution in [0.25, 0.3) is 0 Å². The number of tetrazole rings is 1. The van der Waals surface area contributed by atoms with Gasteiger partial charge in [-0.05, 0) is 35.6 Å². The topological polar surface area (TPSA) is 74.5 Å². The normalized spacial score (nSPS) is 17.3. The van der Waals surface area contributed by atoms with Crippen LogP contribution in [-0.4, -0.2) is 24.8 Å². The van der Waals surface area contributed by atoms with E-state index >= 15 is 0 Å². The molecule has 1 fully saturated rings. The van der Waals surface area contributed by atoms with E-state index in [1.165, 1.54) is 23.2 Å². The van der Waals surface area contributed by atoms with E-state index in [0.29, 0.717) is 12.5 Å². The van der Waals surface area contributed by atoms with Crippen molar-refractivity contribution >= 4 is 0 Å². The predicted molar refractivity (Wildman–Crippen MR) is 62.0 cm³/mol. The molecular formula is C11H16N6. The van der Waals surface area contributed by atoms with Crippen LogP contribution < -0.4 is 5.73 Å². The molecule has 17 heavy (non-hydrogen) atoms. The van der Waals surface area contributed by atoms with E-state index in [9.17, 15) is 0 Å². The number of hydrogen-bond donors (Lipinski definition) is 1. The monoisotopic (exact) mass is 232 g/mol. The smallest absolute Gasteiger partial charge is 0.194 e. The summed E-state index contributed by atoms with van der Waals surface area (Å²) in [6, 6.07) is 2.27. The first-order chi connectivity index (χ1) is 8.22. The molecule has 6 heteroatoms. The summed E-state index contributed by atoms with van der Waals surface area (Å²) >= 11 is 0. The summed E-state index contributed by atoms with van der Waals surface area (Å²) in [6.07, 6.45) is 6.63. The molecular weight excluding hydrogens is 216 g/mol. The Morgan fingerprint density at radius 3 is 3.00 bits per heavy atom. The molecule has 1 aliphatic carbocycles. The summed E-state index contributed by atoms with van der Waals surface area (Å²) in [4.78, 5) is 1.47. The first-order valence-corrected chi connectivity index (χ1v) is 5.86. The average Bonchev–Trinajstić information content (AvgIpc) is 2.93. The second-order valence-corrected chi connectivity index (χ2v) is 4.68. The van der Waals surface area contributed by atoms with Crippen molar-refractivity contribution in [1.29, 1.82) is 0 Å². The lowest BCUT2D eigenvalue weighted by molar-refractivity contribution is 0.622. The van der Waals surface area contributed by atoms with Gasteiger partial charge < -0.3 is 10.3 Å². The lowest BCUT2D eigenvalue weighted by Crippen LogP contribution is -2.11. The average molecular weight is 232 g/mol. The molecule has 0 aromatic carbocycles. The van der Waals surface area contributed by atoms with Gasteiger partial charge in [0.2, 0.25) is 0 Å². The van der Waals surface area contributed by atoms with Crippen molar-refractivity contribution in [2.75, 3.05) is 0 Å². The SMILES string of the molecule is Cn1nnc(Cn2ccc(C(N)C3CC3)c2)n1. The minimum atomic E-state index is 0.186. The van der Waals surface area contributed by atoms with Crippen molar-refractivity contribution in [2.45, 2.75) is 25.4 Å². The van der Waals surface area contributed by atoms with E-state index < -0.39 is 0 Å². The predicted octanol–water partition coefficient (Wildman–Crippen LogP) is 0.470. The van der Waals surface area contributed by atoms with E-state index in [0.717, 1.165) is 5.82 Å². The van der Waals surface area contributed by atoms with Gasteiger partial charge in [-0.25, -0.2) is 0 Å². The van der Waals surface area contributed by atoms with Gasteiger partial charge in [0, 0.05) is 18.4 Å². The largest absolute Gasteiger partial charge is 0.346 e. The van der Waals surface area contributed by atoms with E-state index in [-0.39, 0.29) is 6.04 Å². The van der Waals surface area contributed by atoms with Crippen LogP contribution in [0.3, 0.4) is 0 Å². The fourth-order valence-electron chi connectivity index (χ4n) is 2.03. The number of aryl methyl sites for hydroxylation is 1. The standard InChI is InChI=1S/C11H16N6/c1-16-14-10(13-15-16)7-17-5-4-9(6-17)11(12)8-2-3-8/h4-6,8,11H,2-3,7,12H2,1H3. The van der Waals surface area contributed by atoms with Gasteiger partial charge >= 0.3 is 0 Å². The lowest BCUT2D eigenvalue weighted by atomic mass is 10.1. The highest BCUT2D eigenvalue weighted by molar-refractivity contribution is 5.18. The third-order valence-corrected chi connectivity index (χ3v) is 3.16. The van der Waals surface area contributed by atoms with E-state index in [2.05, 4.69) is 32.2 Å². The Morgan fingerprint density at radius 2 is 2.35 bits per heavy atom. The fraction of sp³-hybridized carbons (Fsp3) is 0.545. The van der Waals surface area contributed by atoms with E-state index in [1.54, 1.807) is 7.05 Å². The maximum atomic E-state index is 6.15. The number of hydrogen-bond acceptors (Lipinski definition) is 4. The summed E-state index contributed by atoms with van der Waals surface area (Å²) in [5.74, 6) is 1.40. The Balaban J connectivity index is 1.71. The number of rotatable bonds is 4. The number of nitrogens with zero attached hydrogens (tertiary/aromatic N) is 5. The number of aromatic nitrogens is 5. The van der Waals surface area contributed by atoms with Gasteiger partial charge in [-0.15, -0.1) is 10.2 Å². The molecule has 2 N–H and O–H groups in total. The molecule has 1 saturated carbocycles. The van der Waals surface area contributed by atoms with Crippen LogP contribution >= 0.6 is 0 Å². The lowest BCUT2D eigenvalue weighted by Gasteiger charge is -2.06. The fourth-order valence-corrected chi connectivity index (χ4v) is 2.03. The van der Waals surface area contributed by atoms with Gasteiger partial charge in [0.15, 0.2) is 5.82 Å².